The minimum atomic E-state index is -0.238. The molecule has 0 saturated carbocycles. The fourth-order valence-corrected chi connectivity index (χ4v) is 3.83. The zero-order valence-electron chi connectivity index (χ0n) is 17.1. The third-order valence-corrected chi connectivity index (χ3v) is 5.43. The van der Waals surface area contributed by atoms with Crippen LogP contribution >= 0.6 is 12.4 Å². The first-order chi connectivity index (χ1) is 13.6. The minimum Gasteiger partial charge on any atom is -0.351 e. The number of para-hydroxylation sites is 1. The number of hydrogen-bond donors (Lipinski definition) is 1. The van der Waals surface area contributed by atoms with Crippen molar-refractivity contribution in [1.29, 1.82) is 0 Å². The van der Waals surface area contributed by atoms with E-state index in [1.165, 1.54) is 0 Å². The van der Waals surface area contributed by atoms with Crippen LogP contribution in [0.15, 0.2) is 60.7 Å². The van der Waals surface area contributed by atoms with Crippen molar-refractivity contribution in [3.63, 3.8) is 0 Å². The zero-order valence-corrected chi connectivity index (χ0v) is 17.9. The number of halogens is 1. The van der Waals surface area contributed by atoms with Crippen molar-refractivity contribution in [3.05, 3.63) is 66.2 Å². The Balaban J connectivity index is 0.00000300. The first-order valence-corrected chi connectivity index (χ1v) is 9.99. The maximum atomic E-state index is 12.9. The number of benzene rings is 2. The second-order valence-corrected chi connectivity index (χ2v) is 7.33. The minimum absolute atomic E-state index is 0. The number of likely N-dealkylation sites (tertiary alicyclic amines) is 1. The van der Waals surface area contributed by atoms with Crippen LogP contribution in [0.4, 0.5) is 5.69 Å². The molecule has 1 aliphatic rings. The molecule has 0 unspecified atom stereocenters. The molecule has 2 aromatic rings. The normalized spacial score (nSPS) is 19.1. The van der Waals surface area contributed by atoms with Crippen molar-refractivity contribution in [1.82, 2.24) is 10.2 Å². The number of amides is 2. The number of hydrogen-bond acceptors (Lipinski definition) is 3. The van der Waals surface area contributed by atoms with E-state index in [-0.39, 0.29) is 36.3 Å². The van der Waals surface area contributed by atoms with Crippen LogP contribution in [0.25, 0.3) is 0 Å². The maximum Gasteiger partial charge on any atom is 0.237 e. The molecule has 0 spiro atoms. The second-order valence-electron chi connectivity index (χ2n) is 7.33. The van der Waals surface area contributed by atoms with Crippen LogP contribution in [-0.2, 0) is 16.1 Å². The molecular formula is C23H30ClN3O2. The molecule has 1 aliphatic heterocycles. The second kappa shape index (κ2) is 11.0. The molecule has 0 radical (unpaired) electrons. The van der Waals surface area contributed by atoms with Gasteiger partial charge in [-0.25, -0.2) is 0 Å². The van der Waals surface area contributed by atoms with Crippen LogP contribution in [0.5, 0.6) is 0 Å². The molecule has 1 N–H and O–H groups in total. The van der Waals surface area contributed by atoms with Gasteiger partial charge in [0.1, 0.15) is 0 Å². The average molecular weight is 416 g/mol. The molecule has 3 rings (SSSR count). The van der Waals surface area contributed by atoms with Crippen molar-refractivity contribution < 1.29 is 9.59 Å². The van der Waals surface area contributed by atoms with Crippen LogP contribution in [-0.4, -0.2) is 42.4 Å². The Morgan fingerprint density at radius 3 is 2.31 bits per heavy atom. The van der Waals surface area contributed by atoms with E-state index in [9.17, 15) is 9.59 Å². The third-order valence-electron chi connectivity index (χ3n) is 5.43. The van der Waals surface area contributed by atoms with Crippen molar-refractivity contribution >= 4 is 29.9 Å². The van der Waals surface area contributed by atoms with E-state index >= 15 is 0 Å². The van der Waals surface area contributed by atoms with Crippen molar-refractivity contribution in [2.75, 3.05) is 18.5 Å². The lowest BCUT2D eigenvalue weighted by atomic mass is 9.94. The Morgan fingerprint density at radius 1 is 1.07 bits per heavy atom. The van der Waals surface area contributed by atoms with E-state index in [0.717, 1.165) is 24.2 Å². The van der Waals surface area contributed by atoms with E-state index in [1.807, 2.05) is 79.5 Å². The first kappa shape index (κ1) is 22.9. The van der Waals surface area contributed by atoms with Crippen LogP contribution < -0.4 is 10.2 Å². The van der Waals surface area contributed by atoms with Gasteiger partial charge in [-0.2, -0.15) is 0 Å². The van der Waals surface area contributed by atoms with Gasteiger partial charge in [0.25, 0.3) is 0 Å². The number of carbonyl (C=O) groups excluding carboxylic acids is 2. The molecule has 6 heteroatoms. The molecule has 1 heterocycles. The standard InChI is InChI=1S/C23H29N3O2.ClH/c1-3-22(27)26(19-12-8-5-9-13-19)20-14-15-25(2)21(16-20)23(28)24-17-18-10-6-4-7-11-18;/h4-13,20-21H,3,14-17H2,1-2H3,(H,24,28);1H/t20-,21-;/m1./s1. The Bertz CT molecular complexity index is 785. The number of carbonyl (C=O) groups is 2. The van der Waals surface area contributed by atoms with E-state index in [4.69, 9.17) is 0 Å². The summed E-state index contributed by atoms with van der Waals surface area (Å²) >= 11 is 0. The number of rotatable bonds is 6. The van der Waals surface area contributed by atoms with E-state index in [1.54, 1.807) is 0 Å². The lowest BCUT2D eigenvalue weighted by molar-refractivity contribution is -0.128. The fraction of sp³-hybridized carbons (Fsp3) is 0.391. The highest BCUT2D eigenvalue weighted by molar-refractivity contribution is 5.94. The summed E-state index contributed by atoms with van der Waals surface area (Å²) in [6.07, 6.45) is 1.95. The predicted octanol–water partition coefficient (Wildman–Crippen LogP) is 3.63. The van der Waals surface area contributed by atoms with Gasteiger partial charge in [-0.05, 0) is 37.6 Å². The first-order valence-electron chi connectivity index (χ1n) is 9.99. The molecule has 5 nitrogen and oxygen atoms in total. The summed E-state index contributed by atoms with van der Waals surface area (Å²) in [7, 11) is 1.98. The third kappa shape index (κ3) is 5.81. The average Bonchev–Trinajstić information content (AvgIpc) is 2.74. The number of nitrogens with one attached hydrogen (secondary N) is 1. The quantitative estimate of drug-likeness (QED) is 0.783. The molecule has 2 amide bonds. The topological polar surface area (TPSA) is 52.7 Å². The van der Waals surface area contributed by atoms with Gasteiger partial charge in [0.15, 0.2) is 0 Å². The Morgan fingerprint density at radius 2 is 1.69 bits per heavy atom. The molecule has 1 saturated heterocycles. The van der Waals surface area contributed by atoms with Crippen molar-refractivity contribution in [2.24, 2.45) is 0 Å². The largest absolute Gasteiger partial charge is 0.351 e. The predicted molar refractivity (Wildman–Crippen MR) is 119 cm³/mol. The van der Waals surface area contributed by atoms with Gasteiger partial charge in [0.2, 0.25) is 11.8 Å². The molecule has 2 atom stereocenters. The monoisotopic (exact) mass is 415 g/mol. The van der Waals surface area contributed by atoms with Gasteiger partial charge in [-0.1, -0.05) is 55.5 Å². The summed E-state index contributed by atoms with van der Waals surface area (Å²) in [5, 5.41) is 3.06. The Labute approximate surface area is 179 Å². The molecule has 1 fully saturated rings. The summed E-state index contributed by atoms with van der Waals surface area (Å²) in [4.78, 5) is 29.5. The van der Waals surface area contributed by atoms with Gasteiger partial charge in [0, 0.05) is 31.2 Å². The van der Waals surface area contributed by atoms with E-state index < -0.39 is 0 Å². The SMILES string of the molecule is CCC(=O)N(c1ccccc1)[C@@H]1CCN(C)[C@@H](C(=O)NCc2ccccc2)C1.Cl. The fourth-order valence-electron chi connectivity index (χ4n) is 3.83. The summed E-state index contributed by atoms with van der Waals surface area (Å²) in [6.45, 7) is 3.19. The molecule has 2 aromatic carbocycles. The highest BCUT2D eigenvalue weighted by Crippen LogP contribution is 2.27. The number of likely N-dealkylation sites (N-methyl/N-ethyl adjacent to an activating group) is 1. The lowest BCUT2D eigenvalue weighted by Gasteiger charge is -2.41. The van der Waals surface area contributed by atoms with Gasteiger partial charge >= 0.3 is 0 Å². The molecule has 0 bridgehead atoms. The molecule has 0 aromatic heterocycles. The summed E-state index contributed by atoms with van der Waals surface area (Å²) < 4.78 is 0. The van der Waals surface area contributed by atoms with Crippen LogP contribution in [0.3, 0.4) is 0 Å². The number of nitrogens with zero attached hydrogens (tertiary/aromatic N) is 2. The number of anilines is 1. The molecular weight excluding hydrogens is 386 g/mol. The molecule has 0 aliphatic carbocycles. The zero-order chi connectivity index (χ0) is 19.9. The highest BCUT2D eigenvalue weighted by Gasteiger charge is 2.35. The van der Waals surface area contributed by atoms with Crippen LogP contribution in [0.2, 0.25) is 0 Å². The van der Waals surface area contributed by atoms with Gasteiger partial charge < -0.3 is 10.2 Å². The lowest BCUT2D eigenvalue weighted by Crippen LogP contribution is -2.55. The number of piperidine rings is 1. The summed E-state index contributed by atoms with van der Waals surface area (Å²) in [6, 6.07) is 19.5. The van der Waals surface area contributed by atoms with Crippen molar-refractivity contribution in [2.45, 2.75) is 44.8 Å². The van der Waals surface area contributed by atoms with E-state index in [0.29, 0.717) is 19.4 Å². The Kier molecular flexibility index (Phi) is 8.68. The highest BCUT2D eigenvalue weighted by atomic mass is 35.5. The maximum absolute atomic E-state index is 12.9. The molecule has 29 heavy (non-hydrogen) atoms. The summed E-state index contributed by atoms with van der Waals surface area (Å²) in [5.74, 6) is 0.122. The van der Waals surface area contributed by atoms with E-state index in [2.05, 4.69) is 10.2 Å². The van der Waals surface area contributed by atoms with Gasteiger partial charge in [-0.15, -0.1) is 12.4 Å². The molecule has 156 valence electrons. The van der Waals surface area contributed by atoms with Crippen LogP contribution in [0, 0.1) is 0 Å². The Hall–Kier alpha value is -2.37. The van der Waals surface area contributed by atoms with Crippen molar-refractivity contribution in [3.8, 4) is 0 Å². The van der Waals surface area contributed by atoms with Crippen LogP contribution in [0.1, 0.15) is 31.7 Å². The smallest absolute Gasteiger partial charge is 0.237 e. The van der Waals surface area contributed by atoms with Gasteiger partial charge in [0.05, 0.1) is 6.04 Å². The summed E-state index contributed by atoms with van der Waals surface area (Å²) in [5.41, 5.74) is 1.99. The van der Waals surface area contributed by atoms with Gasteiger partial charge in [-0.3, -0.25) is 14.5 Å².